The molecule has 96 heavy (non-hydrogen) atoms. The second kappa shape index (κ2) is 33.0. The van der Waals surface area contributed by atoms with Gasteiger partial charge in [-0.05, 0) is 140 Å². The van der Waals surface area contributed by atoms with E-state index in [1.807, 2.05) is 0 Å². The van der Waals surface area contributed by atoms with Crippen LogP contribution in [0.15, 0.2) is 72.8 Å². The van der Waals surface area contributed by atoms with Crippen LogP contribution in [0.4, 0.5) is 0 Å². The van der Waals surface area contributed by atoms with Crippen LogP contribution in [0.25, 0.3) is 0 Å². The van der Waals surface area contributed by atoms with Crippen molar-refractivity contribution in [2.24, 2.45) is 0 Å². The van der Waals surface area contributed by atoms with Crippen molar-refractivity contribution in [3.05, 3.63) is 173 Å². The Hall–Kier alpha value is -6.36. The molecule has 0 fully saturated rings. The first-order chi connectivity index (χ1) is 45.3. The summed E-state index contributed by atoms with van der Waals surface area (Å²) < 4.78 is 43.5. The number of methoxy groups -OCH3 is 6. The molecule has 18 heteroatoms. The van der Waals surface area contributed by atoms with Crippen molar-refractivity contribution in [3.63, 3.8) is 0 Å². The van der Waals surface area contributed by atoms with Crippen LogP contribution >= 0.6 is 0 Å². The highest BCUT2D eigenvalue weighted by Gasteiger charge is 2.31. The molecular weight excluding hydrogens is 1210 g/mol. The largest absolute Gasteiger partial charge is 0.496 e. The van der Waals surface area contributed by atoms with Gasteiger partial charge in [0.25, 0.3) is 0 Å². The molecule has 1 aliphatic carbocycles. The van der Waals surface area contributed by atoms with Gasteiger partial charge in [-0.15, -0.1) is 0 Å². The number of ether oxygens (including phenoxy) is 6. The van der Waals surface area contributed by atoms with Gasteiger partial charge < -0.3 is 86.0 Å². The zero-order valence-electron chi connectivity index (χ0n) is 61.7. The number of nitrogens with zero attached hydrogens (tertiary/aromatic N) is 6. The van der Waals surface area contributed by atoms with Crippen LogP contribution in [0.2, 0.25) is 0 Å². The number of aliphatic hydroxyl groups is 6. The standard InChI is InChI=1S/C78H120N6O12/c1-79(2,19-25-85)49-55-31-61-43-63-33-56(50-80(3,4)20-26-86)35-65(74(63)92-14)45-67-37-58(52-82(7,8)22-28-88)39-69(76(67)94-16)47-71-41-60(54-84(11,12)24-30-90)42-72(78(71)96-18)48-70-40-59(53-83(9,10)23-29-89)38-68(77(70)95-17)46-66-36-57(51-81(5,6)21-27-87)34-64(75(66)93-15)44-62(32-55)73(61)91-13/h31-42,85-90H,19-30,43-54H2,1-18H3/q+6. The number of benzene rings is 6. The van der Waals surface area contributed by atoms with E-state index >= 15 is 0 Å². The van der Waals surface area contributed by atoms with Gasteiger partial charge in [0.15, 0.2) is 0 Å². The second-order valence-corrected chi connectivity index (χ2v) is 31.0. The first-order valence-electron chi connectivity index (χ1n) is 34.0. The molecule has 0 atom stereocenters. The van der Waals surface area contributed by atoms with Crippen LogP contribution in [0.1, 0.15) is 100 Å². The summed E-state index contributed by atoms with van der Waals surface area (Å²) >= 11 is 0. The summed E-state index contributed by atoms with van der Waals surface area (Å²) in [5, 5.41) is 62.4. The fraction of sp³-hybridized carbons (Fsp3) is 0.538. The lowest BCUT2D eigenvalue weighted by Crippen LogP contribution is -2.41. The molecule has 0 saturated carbocycles. The minimum atomic E-state index is 0.0358. The molecule has 18 nitrogen and oxygen atoms in total. The molecular formula is C78H120N6O12+6. The summed E-state index contributed by atoms with van der Waals surface area (Å²) in [6.07, 6.45) is 2.65. The molecule has 1 aliphatic rings. The lowest BCUT2D eigenvalue weighted by atomic mass is 9.88. The molecule has 0 radical (unpaired) electrons. The third-order valence-electron chi connectivity index (χ3n) is 19.2. The number of hydrogen-bond donors (Lipinski definition) is 6. The van der Waals surface area contributed by atoms with Crippen molar-refractivity contribution in [1.29, 1.82) is 0 Å². The highest BCUT2D eigenvalue weighted by Crippen LogP contribution is 2.43. The summed E-state index contributed by atoms with van der Waals surface area (Å²) in [6, 6.07) is 27.2. The Balaban J connectivity index is 1.68. The van der Waals surface area contributed by atoms with Gasteiger partial charge in [-0.2, -0.15) is 0 Å². The van der Waals surface area contributed by atoms with E-state index < -0.39 is 0 Å². The number of quaternary nitrogens is 6. The minimum absolute atomic E-state index is 0.0358. The molecule has 0 saturated heterocycles. The third kappa shape index (κ3) is 20.4. The van der Waals surface area contributed by atoms with Crippen LogP contribution in [-0.2, 0) is 77.8 Å². The van der Waals surface area contributed by atoms with E-state index in [0.29, 0.717) is 144 Å². The molecule has 12 bridgehead atoms. The number of rotatable bonds is 30. The maximum absolute atomic E-state index is 10.4. The molecule has 528 valence electrons. The lowest BCUT2D eigenvalue weighted by molar-refractivity contribution is -0.903. The van der Waals surface area contributed by atoms with Crippen LogP contribution in [0, 0.1) is 0 Å². The summed E-state index contributed by atoms with van der Waals surface area (Å²) in [4.78, 5) is 0. The molecule has 0 amide bonds. The molecule has 0 unspecified atom stereocenters. The van der Waals surface area contributed by atoms with E-state index in [4.69, 9.17) is 28.4 Å². The number of fused-ring (bicyclic) bond motifs is 12. The SMILES string of the molecule is COc1c2cc(C[N+](C)(C)CCO)cc1Cc1cc(C[N+](C)(C)CCO)cc(c1OC)Cc1cc(C[N+](C)(C)CCO)cc(c1OC)Cc1cc(C[N+](C)(C)CCO)cc(c1OC)Cc1cc(C[N+](C)(C)CCO)cc(c1OC)Cc1cc(C[N+](C)(C)CCO)cc(c1OC)C2. The van der Waals surface area contributed by atoms with Gasteiger partial charge in [-0.1, -0.05) is 0 Å². The van der Waals surface area contributed by atoms with Gasteiger partial charge in [0.05, 0.1) is 167 Å². The average molecular weight is 1330 g/mol. The van der Waals surface area contributed by atoms with Crippen LogP contribution in [0.5, 0.6) is 34.5 Å². The van der Waals surface area contributed by atoms with Gasteiger partial charge in [0, 0.05) is 71.9 Å². The summed E-state index contributed by atoms with van der Waals surface area (Å²) in [7, 11) is 36.3. The Morgan fingerprint density at radius 2 is 0.323 bits per heavy atom. The van der Waals surface area contributed by atoms with E-state index in [2.05, 4.69) is 157 Å². The van der Waals surface area contributed by atoms with E-state index in [1.165, 1.54) is 0 Å². The van der Waals surface area contributed by atoms with Crippen LogP contribution < -0.4 is 28.4 Å². The maximum atomic E-state index is 10.4. The minimum Gasteiger partial charge on any atom is -0.496 e. The Morgan fingerprint density at radius 1 is 0.219 bits per heavy atom. The Morgan fingerprint density at radius 3 is 0.406 bits per heavy atom. The fourth-order valence-electron chi connectivity index (χ4n) is 15.0. The van der Waals surface area contributed by atoms with Gasteiger partial charge in [0.2, 0.25) is 0 Å². The quantitative estimate of drug-likeness (QED) is 0.0255. The van der Waals surface area contributed by atoms with Crippen molar-refractivity contribution >= 4 is 0 Å². The maximum Gasteiger partial charge on any atom is 0.125 e. The normalized spacial score (nSPS) is 13.5. The molecule has 0 heterocycles. The summed E-state index contributed by atoms with van der Waals surface area (Å²) in [5.74, 6) is 4.50. The number of likely N-dealkylation sites (N-methyl/N-ethyl adjacent to an activating group) is 6. The first-order valence-corrected chi connectivity index (χ1v) is 34.0. The van der Waals surface area contributed by atoms with Gasteiger partial charge in [-0.25, -0.2) is 0 Å². The van der Waals surface area contributed by atoms with Crippen molar-refractivity contribution in [2.45, 2.75) is 77.8 Å². The van der Waals surface area contributed by atoms with Crippen LogP contribution in [-0.4, -0.2) is 264 Å². The Kier molecular flexibility index (Phi) is 26.5. The average Bonchev–Trinajstić information content (AvgIpc) is 0.796. The lowest BCUT2D eigenvalue weighted by Gasteiger charge is -2.31. The molecule has 7 rings (SSSR count). The predicted octanol–water partition coefficient (Wildman–Crippen LogP) is 7.01. The van der Waals surface area contributed by atoms with Crippen molar-refractivity contribution < 1.29 is 86.0 Å². The van der Waals surface area contributed by atoms with Crippen LogP contribution in [0.3, 0.4) is 0 Å². The summed E-state index contributed by atoms with van der Waals surface area (Å²) in [6.45, 7) is 7.31. The van der Waals surface area contributed by atoms with E-state index in [-0.39, 0.29) is 39.6 Å². The van der Waals surface area contributed by atoms with Crippen molar-refractivity contribution in [1.82, 2.24) is 0 Å². The van der Waals surface area contributed by atoms with Crippen molar-refractivity contribution in [2.75, 3.05) is 206 Å². The smallest absolute Gasteiger partial charge is 0.125 e. The zero-order valence-corrected chi connectivity index (χ0v) is 61.7. The topological polar surface area (TPSA) is 177 Å². The first kappa shape index (κ1) is 77.0. The third-order valence-corrected chi connectivity index (χ3v) is 19.2. The van der Waals surface area contributed by atoms with Gasteiger partial charge in [0.1, 0.15) is 113 Å². The molecule has 0 spiro atoms. The van der Waals surface area contributed by atoms with E-state index in [1.54, 1.807) is 42.7 Å². The molecule has 6 aromatic carbocycles. The number of hydrogen-bond acceptors (Lipinski definition) is 12. The molecule has 0 aliphatic heterocycles. The molecule has 6 N–H and O–H groups in total. The zero-order chi connectivity index (χ0) is 70.6. The molecule has 0 aromatic heterocycles. The van der Waals surface area contributed by atoms with Gasteiger partial charge >= 0.3 is 0 Å². The van der Waals surface area contributed by atoms with Crippen molar-refractivity contribution in [3.8, 4) is 34.5 Å². The second-order valence-electron chi connectivity index (χ2n) is 31.0. The predicted molar refractivity (Wildman–Crippen MR) is 381 cm³/mol. The monoisotopic (exact) mass is 1330 g/mol. The fourth-order valence-corrected chi connectivity index (χ4v) is 15.0. The molecule has 6 aromatic rings. The van der Waals surface area contributed by atoms with Gasteiger partial charge in [-0.3, -0.25) is 0 Å². The number of aliphatic hydroxyl groups excluding tert-OH is 6. The Bertz CT molecular complexity index is 2860. The highest BCUT2D eigenvalue weighted by atomic mass is 16.5. The Labute approximate surface area is 574 Å². The van der Waals surface area contributed by atoms with E-state index in [0.717, 1.165) is 135 Å². The highest BCUT2D eigenvalue weighted by molar-refractivity contribution is 5.60. The summed E-state index contributed by atoms with van der Waals surface area (Å²) in [5.41, 5.74) is 18.2. The van der Waals surface area contributed by atoms with E-state index in [9.17, 15) is 30.6 Å².